The summed E-state index contributed by atoms with van der Waals surface area (Å²) in [6.45, 7) is 1.96. The van der Waals surface area contributed by atoms with Crippen molar-refractivity contribution < 1.29 is 14.4 Å². The number of halogens is 1. The Morgan fingerprint density at radius 2 is 1.66 bits per heavy atom. The first kappa shape index (κ1) is 20.8. The summed E-state index contributed by atoms with van der Waals surface area (Å²) < 4.78 is 0. The van der Waals surface area contributed by atoms with Crippen LogP contribution in [0.15, 0.2) is 54.6 Å². The van der Waals surface area contributed by atoms with Gasteiger partial charge in [0.1, 0.15) is 6.04 Å². The van der Waals surface area contributed by atoms with Crippen molar-refractivity contribution in [2.45, 2.75) is 6.04 Å². The van der Waals surface area contributed by atoms with Crippen molar-refractivity contribution in [3.8, 4) is 0 Å². The summed E-state index contributed by atoms with van der Waals surface area (Å²) in [5.74, 6) is -0.483. The Balaban J connectivity index is 1.72. The number of hydrogen-bond acceptors (Lipinski definition) is 4. The summed E-state index contributed by atoms with van der Waals surface area (Å²) in [5.41, 5.74) is 1.34. The van der Waals surface area contributed by atoms with Gasteiger partial charge in [0.15, 0.2) is 0 Å². The second kappa shape index (κ2) is 9.54. The van der Waals surface area contributed by atoms with E-state index in [0.717, 1.165) is 5.56 Å². The van der Waals surface area contributed by atoms with Gasteiger partial charge >= 0.3 is 6.03 Å². The maximum absolute atomic E-state index is 12.8. The van der Waals surface area contributed by atoms with Crippen LogP contribution in [0.1, 0.15) is 22.0 Å². The maximum atomic E-state index is 12.8. The number of urea groups is 1. The summed E-state index contributed by atoms with van der Waals surface area (Å²) in [5, 5.41) is 5.28. The van der Waals surface area contributed by atoms with Crippen LogP contribution in [-0.4, -0.2) is 60.9 Å². The number of nitrogens with zero attached hydrogens (tertiary/aromatic N) is 2. The minimum absolute atomic E-state index is 0.0850. The zero-order valence-corrected chi connectivity index (χ0v) is 16.9. The van der Waals surface area contributed by atoms with Crippen LogP contribution in [0.3, 0.4) is 0 Å². The van der Waals surface area contributed by atoms with E-state index in [4.69, 9.17) is 11.6 Å². The first-order valence-corrected chi connectivity index (χ1v) is 9.74. The van der Waals surface area contributed by atoms with Gasteiger partial charge in [-0.2, -0.15) is 0 Å². The van der Waals surface area contributed by atoms with Gasteiger partial charge in [-0.15, -0.1) is 0 Å². The molecule has 8 heteroatoms. The lowest BCUT2D eigenvalue weighted by atomic mass is 10.0. The predicted octanol–water partition coefficient (Wildman–Crippen LogP) is 2.29. The molecular formula is C21H23ClN4O3. The molecule has 1 saturated heterocycles. The molecule has 0 saturated carbocycles. The molecule has 1 heterocycles. The molecule has 3 rings (SSSR count). The Morgan fingerprint density at radius 1 is 0.966 bits per heavy atom. The Bertz CT molecular complexity index is 883. The normalized spacial score (nSPS) is 15.4. The highest BCUT2D eigenvalue weighted by Crippen LogP contribution is 2.23. The molecule has 2 N–H and O–H groups in total. The van der Waals surface area contributed by atoms with Crippen LogP contribution >= 0.6 is 11.6 Å². The highest BCUT2D eigenvalue weighted by Gasteiger charge is 2.32. The van der Waals surface area contributed by atoms with Crippen molar-refractivity contribution in [2.75, 3.05) is 33.2 Å². The van der Waals surface area contributed by atoms with Crippen LogP contribution in [-0.2, 0) is 4.79 Å². The fourth-order valence-electron chi connectivity index (χ4n) is 3.39. The van der Waals surface area contributed by atoms with Crippen LogP contribution < -0.4 is 10.6 Å². The third-order valence-corrected chi connectivity index (χ3v) is 5.10. The van der Waals surface area contributed by atoms with Crippen LogP contribution in [0.5, 0.6) is 0 Å². The minimum Gasteiger partial charge on any atom is -0.341 e. The molecule has 7 nitrogen and oxygen atoms in total. The van der Waals surface area contributed by atoms with E-state index >= 15 is 0 Å². The van der Waals surface area contributed by atoms with Gasteiger partial charge in [0, 0.05) is 43.8 Å². The number of benzene rings is 2. The first-order chi connectivity index (χ1) is 14.0. The fourth-order valence-corrected chi connectivity index (χ4v) is 3.58. The smallest absolute Gasteiger partial charge is 0.321 e. The summed E-state index contributed by atoms with van der Waals surface area (Å²) >= 11 is 5.99. The molecule has 1 unspecified atom stereocenters. The molecule has 0 bridgehead atoms. The quantitative estimate of drug-likeness (QED) is 0.804. The Morgan fingerprint density at radius 3 is 2.28 bits per heavy atom. The van der Waals surface area contributed by atoms with Gasteiger partial charge in [0.05, 0.1) is 0 Å². The number of nitrogens with one attached hydrogen (secondary N) is 2. The highest BCUT2D eigenvalue weighted by atomic mass is 35.5. The Labute approximate surface area is 174 Å². The molecule has 1 atom stereocenters. The first-order valence-electron chi connectivity index (χ1n) is 9.36. The molecule has 0 radical (unpaired) electrons. The van der Waals surface area contributed by atoms with E-state index in [-0.39, 0.29) is 5.91 Å². The van der Waals surface area contributed by atoms with Gasteiger partial charge in [-0.05, 0) is 23.8 Å². The molecule has 29 heavy (non-hydrogen) atoms. The standard InChI is InChI=1S/C21H23ClN4O3/c1-23-21(29)24-19(27)18(15-6-3-2-4-7-15)25-10-12-26(13-11-25)20(28)16-8-5-9-17(22)14-16/h2-9,14,18H,10-13H2,1H3,(H2,23,24,27,29). The lowest BCUT2D eigenvalue weighted by molar-refractivity contribution is -0.126. The van der Waals surface area contributed by atoms with E-state index in [0.29, 0.717) is 36.8 Å². The van der Waals surface area contributed by atoms with Gasteiger partial charge < -0.3 is 10.2 Å². The van der Waals surface area contributed by atoms with Crippen molar-refractivity contribution in [3.63, 3.8) is 0 Å². The van der Waals surface area contributed by atoms with Gasteiger partial charge in [-0.1, -0.05) is 48.0 Å². The van der Waals surface area contributed by atoms with E-state index in [9.17, 15) is 14.4 Å². The number of carbonyl (C=O) groups is 3. The Hall–Kier alpha value is -2.90. The number of carbonyl (C=O) groups excluding carboxylic acids is 3. The molecule has 0 spiro atoms. The van der Waals surface area contributed by atoms with Crippen LogP contribution in [0.25, 0.3) is 0 Å². The predicted molar refractivity (Wildman–Crippen MR) is 111 cm³/mol. The SMILES string of the molecule is CNC(=O)NC(=O)C(c1ccccc1)N1CCN(C(=O)c2cccc(Cl)c2)CC1. The van der Waals surface area contributed by atoms with E-state index in [2.05, 4.69) is 10.6 Å². The largest absolute Gasteiger partial charge is 0.341 e. The summed E-state index contributed by atoms with van der Waals surface area (Å²) in [4.78, 5) is 40.9. The molecule has 0 aromatic heterocycles. The van der Waals surface area contributed by atoms with Crippen molar-refractivity contribution in [1.29, 1.82) is 0 Å². The second-order valence-electron chi connectivity index (χ2n) is 6.72. The summed E-state index contributed by atoms with van der Waals surface area (Å²) in [6, 6.07) is 15.0. The molecule has 1 aliphatic heterocycles. The number of piperazine rings is 1. The van der Waals surface area contributed by atoms with Crippen LogP contribution in [0, 0.1) is 0 Å². The minimum atomic E-state index is -0.614. The summed E-state index contributed by atoms with van der Waals surface area (Å²) in [7, 11) is 1.46. The van der Waals surface area contributed by atoms with Crippen molar-refractivity contribution in [3.05, 3.63) is 70.7 Å². The van der Waals surface area contributed by atoms with Gasteiger partial charge in [0.2, 0.25) is 5.91 Å². The van der Waals surface area contributed by atoms with Crippen molar-refractivity contribution in [2.24, 2.45) is 0 Å². The molecule has 1 fully saturated rings. The van der Waals surface area contributed by atoms with Crippen LogP contribution in [0.4, 0.5) is 4.79 Å². The van der Waals surface area contributed by atoms with E-state index < -0.39 is 18.0 Å². The number of hydrogen-bond donors (Lipinski definition) is 2. The summed E-state index contributed by atoms with van der Waals surface area (Å²) in [6.07, 6.45) is 0. The monoisotopic (exact) mass is 414 g/mol. The number of amides is 4. The van der Waals surface area contributed by atoms with E-state index in [1.54, 1.807) is 29.2 Å². The average molecular weight is 415 g/mol. The lowest BCUT2D eigenvalue weighted by Crippen LogP contribution is -2.53. The zero-order chi connectivity index (χ0) is 20.8. The molecule has 152 valence electrons. The highest BCUT2D eigenvalue weighted by molar-refractivity contribution is 6.30. The van der Waals surface area contributed by atoms with Crippen molar-refractivity contribution >= 4 is 29.4 Å². The molecule has 2 aromatic carbocycles. The van der Waals surface area contributed by atoms with Gasteiger partial charge in [-0.25, -0.2) is 4.79 Å². The van der Waals surface area contributed by atoms with Crippen molar-refractivity contribution in [1.82, 2.24) is 20.4 Å². The third kappa shape index (κ3) is 5.13. The van der Waals surface area contributed by atoms with E-state index in [1.807, 2.05) is 35.2 Å². The molecule has 1 aliphatic rings. The fraction of sp³-hybridized carbons (Fsp3) is 0.286. The molecule has 0 aliphatic carbocycles. The molecule has 4 amide bonds. The lowest BCUT2D eigenvalue weighted by Gasteiger charge is -2.38. The number of imide groups is 1. The van der Waals surface area contributed by atoms with Crippen LogP contribution in [0.2, 0.25) is 5.02 Å². The molecular weight excluding hydrogens is 392 g/mol. The second-order valence-corrected chi connectivity index (χ2v) is 7.16. The maximum Gasteiger partial charge on any atom is 0.321 e. The van der Waals surface area contributed by atoms with Gasteiger partial charge in [-0.3, -0.25) is 19.8 Å². The third-order valence-electron chi connectivity index (χ3n) is 4.87. The Kier molecular flexibility index (Phi) is 6.85. The number of rotatable bonds is 4. The van der Waals surface area contributed by atoms with Gasteiger partial charge in [0.25, 0.3) is 5.91 Å². The molecule has 2 aromatic rings. The topological polar surface area (TPSA) is 81.8 Å². The zero-order valence-electron chi connectivity index (χ0n) is 16.1. The van der Waals surface area contributed by atoms with E-state index in [1.165, 1.54) is 7.05 Å². The average Bonchev–Trinajstić information content (AvgIpc) is 2.74.